The zero-order valence-corrected chi connectivity index (χ0v) is 47.8. The Kier molecular flexibility index (Phi) is 24.1. The Labute approximate surface area is 496 Å². The molecular weight excluding hydrogens is 1150 g/mol. The monoisotopic (exact) mass is 1160 g/mol. The van der Waals surface area contributed by atoms with Crippen LogP contribution in [-0.2, 0) is 74.6 Å². The summed E-state index contributed by atoms with van der Waals surface area (Å²) in [6.07, 6.45) is 0. The molecule has 0 unspecified atom stereocenters. The number of nitro groups is 2. The zero-order chi connectivity index (χ0) is 46.7. The third-order valence-electron chi connectivity index (χ3n) is 8.49. The maximum atomic E-state index is 12.3. The molecule has 6 aromatic rings. The minimum absolute atomic E-state index is 0. The number of aromatic hydroxyl groups is 4. The maximum absolute atomic E-state index is 12.3. The van der Waals surface area contributed by atoms with Crippen molar-refractivity contribution >= 4 is 108 Å². The summed E-state index contributed by atoms with van der Waals surface area (Å²) in [4.78, 5) is 15.0. The summed E-state index contributed by atoms with van der Waals surface area (Å²) in [6, 6.07) is 9.85. The van der Waals surface area contributed by atoms with Crippen LogP contribution in [0.3, 0.4) is 0 Å². The Bertz CT molecular complexity index is 3450. The standard InChI is InChI=1S/C32H21N7O20S4.2Cu.4Na/c40-29-19-3-1-15(5-13(19)7-24(61(51,52)53)27(29)36-34-21-9-17(38(44)45)10-26(32(21)43)63(57,58)59)33-16-2-4-20-14(6-16)8-25(62(54,55)56)28(30(20)41)37-35-22-11-18(60(48,49)50)12-23(31(22)42)39(46)47;;;;;;/h1-12,33,40-43H,(H,48,49,50)(H,51,52,53)(H,54,55,56)(H,57,58,59);;;;;;/q;;;4*+1/p-4. The number of hydrogen-bond donors (Lipinski definition) is 5. The quantitative estimate of drug-likeness (QED) is 0.0250. The van der Waals surface area contributed by atoms with Crippen molar-refractivity contribution in [3.8, 4) is 23.0 Å². The van der Waals surface area contributed by atoms with Gasteiger partial charge in [-0.1, -0.05) is 0 Å². The van der Waals surface area contributed by atoms with Crippen LogP contribution in [0.4, 0.5) is 45.5 Å². The smallest absolute Gasteiger partial charge is 0.744 e. The summed E-state index contributed by atoms with van der Waals surface area (Å²) in [5.74, 6) is -4.82. The number of phenols is 4. The van der Waals surface area contributed by atoms with Crippen LogP contribution in [0.1, 0.15) is 0 Å². The van der Waals surface area contributed by atoms with Gasteiger partial charge in [0.2, 0.25) is 5.75 Å². The Morgan fingerprint density at radius 1 is 0.464 bits per heavy atom. The van der Waals surface area contributed by atoms with Gasteiger partial charge in [-0.15, -0.1) is 20.5 Å². The number of rotatable bonds is 12. The van der Waals surface area contributed by atoms with Crippen LogP contribution in [0.15, 0.2) is 113 Å². The number of nitrogens with one attached hydrogen (secondary N) is 1. The SMILES string of the molecule is O=[N+]([O-])c1cc(N=Nc2c(S(=O)(=O)[O-])cc3cc(Nc4ccc5c(O)c(N=Nc6cc(S(=O)(=O)[O-])cc([N+](=O)[O-])c6O)c(S(=O)(=O)[O-])cc5c4)ccc3c2O)c(O)c(S(=O)(=O)[O-])c1.[Cu].[Cu].[Na+].[Na+].[Na+].[Na+]. The van der Waals surface area contributed by atoms with Crippen LogP contribution in [-0.4, -0.2) is 82.2 Å². The Balaban J connectivity index is 0.00000771. The van der Waals surface area contributed by atoms with E-state index in [0.717, 1.165) is 12.1 Å². The predicted molar refractivity (Wildman–Crippen MR) is 204 cm³/mol. The van der Waals surface area contributed by atoms with Crippen LogP contribution in [0.5, 0.6) is 23.0 Å². The van der Waals surface area contributed by atoms with E-state index in [0.29, 0.717) is 24.3 Å². The van der Waals surface area contributed by atoms with E-state index in [1.807, 2.05) is 0 Å². The van der Waals surface area contributed by atoms with Crippen molar-refractivity contribution in [3.05, 3.63) is 93.0 Å². The summed E-state index contributed by atoms with van der Waals surface area (Å²) in [7, 11) is -22.0. The predicted octanol–water partition coefficient (Wildman–Crippen LogP) is -7.17. The number of benzene rings is 6. The van der Waals surface area contributed by atoms with Crippen molar-refractivity contribution in [2.24, 2.45) is 20.5 Å². The summed E-state index contributed by atoms with van der Waals surface area (Å²) >= 11 is 0. The minimum Gasteiger partial charge on any atom is -0.744 e. The second-order valence-corrected chi connectivity index (χ2v) is 17.9. The fourth-order valence-corrected chi connectivity index (χ4v) is 8.11. The average molecular weight is 1170 g/mol. The topological polar surface area (TPSA) is 457 Å². The number of phenolic OH excluding ortho intramolecular Hbond substituents is 4. The molecule has 0 heterocycles. The van der Waals surface area contributed by atoms with Crippen LogP contribution in [0, 0.1) is 20.2 Å². The normalized spacial score (nSPS) is 11.6. The molecule has 0 bridgehead atoms. The second kappa shape index (κ2) is 25.0. The first kappa shape index (κ1) is 66.5. The van der Waals surface area contributed by atoms with Crippen molar-refractivity contribution in [2.75, 3.05) is 5.32 Å². The molecule has 0 saturated heterocycles. The van der Waals surface area contributed by atoms with Gasteiger partial charge in [0.25, 0.3) is 5.69 Å². The van der Waals surface area contributed by atoms with Gasteiger partial charge in [-0.25, -0.2) is 33.7 Å². The molecule has 69 heavy (non-hydrogen) atoms. The van der Waals surface area contributed by atoms with Gasteiger partial charge in [0.1, 0.15) is 68.1 Å². The molecule has 0 aliphatic rings. The second-order valence-electron chi connectivity index (χ2n) is 12.5. The number of non-ortho nitro benzene ring substituents is 1. The van der Waals surface area contributed by atoms with Crippen molar-refractivity contribution in [1.29, 1.82) is 0 Å². The van der Waals surface area contributed by atoms with E-state index in [2.05, 4.69) is 25.8 Å². The summed E-state index contributed by atoms with van der Waals surface area (Å²) in [5, 5.41) is 80.8. The number of nitro benzene ring substituents is 2. The molecule has 0 aromatic heterocycles. The fraction of sp³-hybridized carbons (Fsp3) is 0. The molecule has 27 nitrogen and oxygen atoms in total. The first-order valence-corrected chi connectivity index (χ1v) is 21.8. The van der Waals surface area contributed by atoms with Gasteiger partial charge in [-0.05, 0) is 65.4 Å². The summed E-state index contributed by atoms with van der Waals surface area (Å²) in [5.41, 5.74) is -6.49. The molecule has 350 valence electrons. The molecule has 37 heteroatoms. The van der Waals surface area contributed by atoms with E-state index in [1.54, 1.807) is 0 Å². The van der Waals surface area contributed by atoms with Crippen molar-refractivity contribution in [2.45, 2.75) is 19.6 Å². The van der Waals surface area contributed by atoms with Gasteiger partial charge in [-0.2, -0.15) is 0 Å². The molecule has 0 saturated carbocycles. The van der Waals surface area contributed by atoms with Crippen molar-refractivity contribution < 1.29 is 235 Å². The van der Waals surface area contributed by atoms with Crippen LogP contribution >= 0.6 is 0 Å². The van der Waals surface area contributed by atoms with Gasteiger partial charge in [0, 0.05) is 74.5 Å². The summed E-state index contributed by atoms with van der Waals surface area (Å²) < 4.78 is 143. The first-order chi connectivity index (χ1) is 29.1. The van der Waals surface area contributed by atoms with Gasteiger partial charge in [0.05, 0.1) is 24.5 Å². The van der Waals surface area contributed by atoms with Crippen LogP contribution in [0.25, 0.3) is 21.5 Å². The number of anilines is 2. The first-order valence-electron chi connectivity index (χ1n) is 16.1. The molecule has 5 N–H and O–H groups in total. The zero-order valence-electron chi connectivity index (χ0n) is 34.7. The van der Waals surface area contributed by atoms with E-state index >= 15 is 0 Å². The molecular formula is C32H17Cu2N7Na4O20S4. The largest absolute Gasteiger partial charge is 1.00 e. The van der Waals surface area contributed by atoms with Gasteiger partial charge < -0.3 is 44.0 Å². The van der Waals surface area contributed by atoms with E-state index in [9.17, 15) is 92.5 Å². The van der Waals surface area contributed by atoms with Crippen LogP contribution < -0.4 is 124 Å². The molecule has 0 spiro atoms. The van der Waals surface area contributed by atoms with E-state index in [4.69, 9.17) is 0 Å². The van der Waals surface area contributed by atoms with Crippen molar-refractivity contribution in [3.63, 3.8) is 0 Å². The van der Waals surface area contributed by atoms with Crippen molar-refractivity contribution in [1.82, 2.24) is 0 Å². The number of fused-ring (bicyclic) bond motifs is 2. The van der Waals surface area contributed by atoms with Crippen LogP contribution in [0.2, 0.25) is 0 Å². The molecule has 2 radical (unpaired) electrons. The Hall–Kier alpha value is -2.48. The average Bonchev–Trinajstić information content (AvgIpc) is 3.16. The molecule has 0 aliphatic heterocycles. The summed E-state index contributed by atoms with van der Waals surface area (Å²) in [6.45, 7) is 0. The minimum atomic E-state index is -5.56. The van der Waals surface area contributed by atoms with Gasteiger partial charge in [0.15, 0.2) is 17.2 Å². The third-order valence-corrected chi connectivity index (χ3v) is 11.9. The Morgan fingerprint density at radius 2 is 0.870 bits per heavy atom. The number of azo groups is 2. The molecule has 0 fully saturated rings. The number of nitrogens with zero attached hydrogens (tertiary/aromatic N) is 6. The van der Waals surface area contributed by atoms with E-state index < -0.39 is 127 Å². The number of hydrogen-bond acceptors (Lipinski definition) is 25. The van der Waals surface area contributed by atoms with E-state index in [-0.39, 0.29) is 197 Å². The van der Waals surface area contributed by atoms with Gasteiger partial charge >= 0.3 is 124 Å². The molecule has 0 aliphatic carbocycles. The fourth-order valence-electron chi connectivity index (χ4n) is 5.70. The molecule has 0 amide bonds. The molecule has 0 atom stereocenters. The Morgan fingerprint density at radius 3 is 1.23 bits per heavy atom. The third kappa shape index (κ3) is 14.8. The molecule has 6 rings (SSSR count). The van der Waals surface area contributed by atoms with E-state index in [1.165, 1.54) is 24.3 Å². The maximum Gasteiger partial charge on any atom is 1.00 e. The molecule has 6 aromatic carbocycles. The van der Waals surface area contributed by atoms with Gasteiger partial charge in [-0.3, -0.25) is 20.2 Å².